The largest absolute Gasteiger partial charge is 0.386 e. The van der Waals surface area contributed by atoms with E-state index in [4.69, 9.17) is 0 Å². The predicted molar refractivity (Wildman–Crippen MR) is 27.5 cm³/mol. The van der Waals surface area contributed by atoms with Crippen molar-refractivity contribution in [1.82, 2.24) is 5.32 Å². The summed E-state index contributed by atoms with van der Waals surface area (Å²) in [5.74, 6) is -9.94. The number of alkyl halides is 6. The van der Waals surface area contributed by atoms with Crippen molar-refractivity contribution in [2.45, 2.75) is 24.3 Å². The van der Waals surface area contributed by atoms with Crippen LogP contribution in [0.25, 0.3) is 0 Å². The summed E-state index contributed by atoms with van der Waals surface area (Å²) < 4.78 is 73.1. The average molecular weight is 193 g/mol. The Balaban J connectivity index is 2.99. The second-order valence-corrected chi connectivity index (χ2v) is 2.53. The zero-order valence-corrected chi connectivity index (χ0v) is 5.68. The molecular formula is C5H5F6N. The molecule has 0 saturated carbocycles. The van der Waals surface area contributed by atoms with Gasteiger partial charge in [0.2, 0.25) is 0 Å². The second kappa shape index (κ2) is 2.27. The van der Waals surface area contributed by atoms with E-state index in [2.05, 4.69) is 0 Å². The molecule has 0 radical (unpaired) electrons. The molecule has 0 aromatic carbocycles. The Morgan fingerprint density at radius 2 is 1.42 bits per heavy atom. The Morgan fingerprint density at radius 3 is 1.75 bits per heavy atom. The van der Waals surface area contributed by atoms with Crippen LogP contribution < -0.4 is 5.32 Å². The maximum absolute atomic E-state index is 12.2. The lowest BCUT2D eigenvalue weighted by molar-refractivity contribution is -0.336. The standard InChI is InChI=1S/C5H5F6N/c6-3(7)1-2-12-5(10,11)4(3,8)9/h12H,1-2H2. The Bertz CT molecular complexity index is 170. The molecular weight excluding hydrogens is 188 g/mol. The molecule has 0 amide bonds. The molecule has 72 valence electrons. The van der Waals surface area contributed by atoms with Gasteiger partial charge >= 0.3 is 17.9 Å². The molecule has 0 aliphatic carbocycles. The van der Waals surface area contributed by atoms with E-state index < -0.39 is 30.9 Å². The van der Waals surface area contributed by atoms with E-state index in [0.29, 0.717) is 0 Å². The maximum Gasteiger partial charge on any atom is 0.386 e. The number of nitrogens with one attached hydrogen (secondary N) is 1. The van der Waals surface area contributed by atoms with Crippen molar-refractivity contribution < 1.29 is 26.3 Å². The predicted octanol–water partition coefficient (Wildman–Crippen LogP) is 1.84. The van der Waals surface area contributed by atoms with Crippen LogP contribution >= 0.6 is 0 Å². The van der Waals surface area contributed by atoms with Gasteiger partial charge in [0.1, 0.15) is 0 Å². The van der Waals surface area contributed by atoms with Crippen molar-refractivity contribution in [2.24, 2.45) is 0 Å². The third-order valence-corrected chi connectivity index (χ3v) is 1.64. The molecule has 0 aromatic heterocycles. The fraction of sp³-hybridized carbons (Fsp3) is 1.00. The van der Waals surface area contributed by atoms with E-state index in [1.165, 1.54) is 0 Å². The first-order chi connectivity index (χ1) is 5.21. The highest BCUT2D eigenvalue weighted by Gasteiger charge is 2.73. The highest BCUT2D eigenvalue weighted by atomic mass is 19.3. The maximum atomic E-state index is 12.2. The molecule has 1 nitrogen and oxygen atoms in total. The average Bonchev–Trinajstić information content (AvgIpc) is 1.83. The molecule has 1 saturated heterocycles. The first kappa shape index (κ1) is 9.63. The van der Waals surface area contributed by atoms with Gasteiger partial charge in [-0.2, -0.15) is 26.3 Å². The summed E-state index contributed by atoms with van der Waals surface area (Å²) in [5.41, 5.74) is 0. The van der Waals surface area contributed by atoms with E-state index in [1.807, 2.05) is 0 Å². The van der Waals surface area contributed by atoms with Crippen molar-refractivity contribution in [3.63, 3.8) is 0 Å². The monoisotopic (exact) mass is 193 g/mol. The summed E-state index contributed by atoms with van der Waals surface area (Å²) in [4.78, 5) is 0. The second-order valence-electron chi connectivity index (χ2n) is 2.53. The molecule has 1 aliphatic rings. The van der Waals surface area contributed by atoms with E-state index in [9.17, 15) is 26.3 Å². The molecule has 0 aromatic rings. The van der Waals surface area contributed by atoms with Crippen LogP contribution in [0.2, 0.25) is 0 Å². The van der Waals surface area contributed by atoms with Gasteiger partial charge in [0, 0.05) is 13.0 Å². The van der Waals surface area contributed by atoms with Crippen LogP contribution in [0.4, 0.5) is 26.3 Å². The zero-order chi connectivity index (χ0) is 9.62. The molecule has 1 heterocycles. The van der Waals surface area contributed by atoms with Gasteiger partial charge in [-0.15, -0.1) is 0 Å². The Hall–Kier alpha value is -0.460. The van der Waals surface area contributed by atoms with E-state index in [-0.39, 0.29) is 0 Å². The first-order valence-electron chi connectivity index (χ1n) is 3.09. The molecule has 0 spiro atoms. The first-order valence-corrected chi connectivity index (χ1v) is 3.09. The minimum atomic E-state index is -5.31. The number of rotatable bonds is 0. The van der Waals surface area contributed by atoms with Crippen molar-refractivity contribution in [3.05, 3.63) is 0 Å². The van der Waals surface area contributed by atoms with Gasteiger partial charge in [-0.3, -0.25) is 5.32 Å². The van der Waals surface area contributed by atoms with Gasteiger partial charge in [-0.05, 0) is 0 Å². The Labute approximate surface area is 63.7 Å². The molecule has 0 atom stereocenters. The Kier molecular flexibility index (Phi) is 1.82. The zero-order valence-electron chi connectivity index (χ0n) is 5.68. The van der Waals surface area contributed by atoms with Gasteiger partial charge < -0.3 is 0 Å². The summed E-state index contributed by atoms with van der Waals surface area (Å²) in [6.07, 6.45) is -1.28. The lowest BCUT2D eigenvalue weighted by Crippen LogP contribution is -2.65. The van der Waals surface area contributed by atoms with E-state index >= 15 is 0 Å². The molecule has 0 unspecified atom stereocenters. The topological polar surface area (TPSA) is 12.0 Å². The summed E-state index contributed by atoms with van der Waals surface area (Å²) in [7, 11) is 0. The molecule has 1 N–H and O–H groups in total. The highest BCUT2D eigenvalue weighted by Crippen LogP contribution is 2.48. The van der Waals surface area contributed by atoms with Crippen LogP contribution in [-0.4, -0.2) is 24.4 Å². The number of hydrogen-bond acceptors (Lipinski definition) is 1. The van der Waals surface area contributed by atoms with Gasteiger partial charge in [-0.25, -0.2) is 0 Å². The van der Waals surface area contributed by atoms with Gasteiger partial charge in [0.05, 0.1) is 0 Å². The molecule has 0 bridgehead atoms. The van der Waals surface area contributed by atoms with Crippen LogP contribution in [0, 0.1) is 0 Å². The number of hydrogen-bond donors (Lipinski definition) is 1. The normalized spacial score (nSPS) is 31.5. The fourth-order valence-corrected chi connectivity index (χ4v) is 0.874. The van der Waals surface area contributed by atoms with Crippen molar-refractivity contribution in [1.29, 1.82) is 0 Å². The van der Waals surface area contributed by atoms with E-state index in [1.54, 1.807) is 0 Å². The third-order valence-electron chi connectivity index (χ3n) is 1.64. The van der Waals surface area contributed by atoms with Crippen LogP contribution in [0.15, 0.2) is 0 Å². The smallest absolute Gasteiger partial charge is 0.252 e. The summed E-state index contributed by atoms with van der Waals surface area (Å²) in [6, 6.07) is -4.82. The van der Waals surface area contributed by atoms with Gasteiger partial charge in [0.25, 0.3) is 0 Å². The van der Waals surface area contributed by atoms with Gasteiger partial charge in [-0.1, -0.05) is 0 Å². The van der Waals surface area contributed by atoms with Crippen LogP contribution in [0.5, 0.6) is 0 Å². The minimum Gasteiger partial charge on any atom is -0.252 e. The van der Waals surface area contributed by atoms with Gasteiger partial charge in [0.15, 0.2) is 0 Å². The van der Waals surface area contributed by atoms with Crippen LogP contribution in [-0.2, 0) is 0 Å². The molecule has 1 rings (SSSR count). The summed E-state index contributed by atoms with van der Waals surface area (Å²) in [6.45, 7) is -0.824. The number of piperidine rings is 1. The molecule has 1 fully saturated rings. The van der Waals surface area contributed by atoms with Crippen LogP contribution in [0.1, 0.15) is 6.42 Å². The molecule has 7 heteroatoms. The van der Waals surface area contributed by atoms with Crippen molar-refractivity contribution in [3.8, 4) is 0 Å². The number of halogens is 6. The minimum absolute atomic E-state index is 0.824. The lowest BCUT2D eigenvalue weighted by Gasteiger charge is -2.37. The molecule has 12 heavy (non-hydrogen) atoms. The SMILES string of the molecule is FC1(F)CCNC(F)(F)C1(F)F. The quantitative estimate of drug-likeness (QED) is 0.457. The Morgan fingerprint density at radius 1 is 0.917 bits per heavy atom. The van der Waals surface area contributed by atoms with Crippen molar-refractivity contribution in [2.75, 3.05) is 6.54 Å². The van der Waals surface area contributed by atoms with Crippen LogP contribution in [0.3, 0.4) is 0 Å². The van der Waals surface area contributed by atoms with E-state index in [0.717, 1.165) is 5.32 Å². The lowest BCUT2D eigenvalue weighted by atomic mass is 10.0. The fourth-order valence-electron chi connectivity index (χ4n) is 0.874. The summed E-state index contributed by atoms with van der Waals surface area (Å²) >= 11 is 0. The van der Waals surface area contributed by atoms with Crippen molar-refractivity contribution >= 4 is 0 Å². The third kappa shape index (κ3) is 1.07. The highest BCUT2D eigenvalue weighted by molar-refractivity contribution is 4.99. The molecule has 1 aliphatic heterocycles. The summed E-state index contributed by atoms with van der Waals surface area (Å²) in [5, 5.41) is 1.04.